The Labute approximate surface area is 174 Å². The van der Waals surface area contributed by atoms with Crippen molar-refractivity contribution in [1.82, 2.24) is 30.3 Å². The first-order valence-corrected chi connectivity index (χ1v) is 10.5. The van der Waals surface area contributed by atoms with Gasteiger partial charge in [-0.25, -0.2) is 0 Å². The van der Waals surface area contributed by atoms with Gasteiger partial charge in [-0.3, -0.25) is 4.99 Å². The lowest BCUT2D eigenvalue weighted by Gasteiger charge is -2.19. The average Bonchev–Trinajstić information content (AvgIpc) is 3.22. The van der Waals surface area contributed by atoms with E-state index in [-0.39, 0.29) is 0 Å². The number of hydrogen-bond donors (Lipinski definition) is 2. The largest absolute Gasteiger partial charge is 0.492 e. The van der Waals surface area contributed by atoms with Crippen molar-refractivity contribution in [2.75, 3.05) is 39.8 Å². The summed E-state index contributed by atoms with van der Waals surface area (Å²) in [5, 5.41) is 14.8. The number of ether oxygens (including phenoxy) is 1. The van der Waals surface area contributed by atoms with Crippen molar-refractivity contribution in [2.24, 2.45) is 4.99 Å². The Morgan fingerprint density at radius 1 is 1.17 bits per heavy atom. The molecule has 8 nitrogen and oxygen atoms in total. The number of nitrogens with one attached hydrogen (secondary N) is 2. The third-order valence-corrected chi connectivity index (χ3v) is 4.86. The lowest BCUT2D eigenvalue weighted by atomic mass is 10.2. The first-order chi connectivity index (χ1) is 14.2. The van der Waals surface area contributed by atoms with Crippen LogP contribution in [0.2, 0.25) is 0 Å². The third kappa shape index (κ3) is 7.38. The van der Waals surface area contributed by atoms with E-state index in [4.69, 9.17) is 4.74 Å². The zero-order chi connectivity index (χ0) is 20.9. The molecule has 1 aromatic heterocycles. The van der Waals surface area contributed by atoms with E-state index in [1.165, 1.54) is 0 Å². The van der Waals surface area contributed by atoms with Gasteiger partial charge in [-0.15, -0.1) is 10.2 Å². The van der Waals surface area contributed by atoms with E-state index in [1.807, 2.05) is 18.2 Å². The number of aromatic nitrogens is 3. The van der Waals surface area contributed by atoms with Crippen molar-refractivity contribution in [3.63, 3.8) is 0 Å². The molecule has 160 valence electrons. The van der Waals surface area contributed by atoms with Crippen molar-refractivity contribution in [3.8, 4) is 5.75 Å². The Morgan fingerprint density at radius 3 is 2.69 bits per heavy atom. The molecule has 2 N–H and O–H groups in total. The minimum Gasteiger partial charge on any atom is -0.492 e. The monoisotopic (exact) mass is 401 g/mol. The summed E-state index contributed by atoms with van der Waals surface area (Å²) in [6.45, 7) is 12.3. The summed E-state index contributed by atoms with van der Waals surface area (Å²) in [5.41, 5.74) is 1.11. The smallest absolute Gasteiger partial charge is 0.191 e. The van der Waals surface area contributed by atoms with Crippen LogP contribution in [0.25, 0.3) is 0 Å². The molecule has 8 heteroatoms. The minimum atomic E-state index is 0.647. The van der Waals surface area contributed by atoms with Crippen LogP contribution in [-0.2, 0) is 19.5 Å². The maximum atomic E-state index is 6.03. The second-order valence-electron chi connectivity index (χ2n) is 6.63. The van der Waals surface area contributed by atoms with Crippen LogP contribution in [0.5, 0.6) is 5.75 Å². The average molecular weight is 402 g/mol. The van der Waals surface area contributed by atoms with E-state index >= 15 is 0 Å². The quantitative estimate of drug-likeness (QED) is 0.418. The van der Waals surface area contributed by atoms with Gasteiger partial charge in [0, 0.05) is 45.2 Å². The lowest BCUT2D eigenvalue weighted by Crippen LogP contribution is -2.38. The Hall–Kier alpha value is -2.61. The van der Waals surface area contributed by atoms with Crippen LogP contribution in [-0.4, -0.2) is 65.5 Å². The molecular formula is C21H35N7O. The summed E-state index contributed by atoms with van der Waals surface area (Å²) in [6, 6.07) is 8.14. The molecule has 0 unspecified atom stereocenters. The van der Waals surface area contributed by atoms with E-state index in [9.17, 15) is 0 Å². The standard InChI is InChI=1S/C21H35N7O/c1-5-20-26-25-17-28(20)13-12-23-21(22-4)24-16-18-10-8-9-11-19(18)29-15-14-27(6-2)7-3/h8-11,17H,5-7,12-16H2,1-4H3,(H2,22,23,24). The maximum absolute atomic E-state index is 6.03. The topological polar surface area (TPSA) is 79.6 Å². The van der Waals surface area contributed by atoms with Gasteiger partial charge in [0.2, 0.25) is 0 Å². The first kappa shape index (κ1) is 22.7. The third-order valence-electron chi connectivity index (χ3n) is 4.86. The molecule has 0 spiro atoms. The van der Waals surface area contributed by atoms with Gasteiger partial charge in [0.15, 0.2) is 5.96 Å². The highest BCUT2D eigenvalue weighted by atomic mass is 16.5. The normalized spacial score (nSPS) is 11.7. The van der Waals surface area contributed by atoms with Gasteiger partial charge >= 0.3 is 0 Å². The fourth-order valence-electron chi connectivity index (χ4n) is 3.05. The highest BCUT2D eigenvalue weighted by Gasteiger charge is 2.06. The number of hydrogen-bond acceptors (Lipinski definition) is 5. The van der Waals surface area contributed by atoms with Crippen LogP contribution in [0.4, 0.5) is 0 Å². The van der Waals surface area contributed by atoms with E-state index in [1.54, 1.807) is 13.4 Å². The van der Waals surface area contributed by atoms with Crippen LogP contribution in [0, 0.1) is 0 Å². The van der Waals surface area contributed by atoms with E-state index < -0.39 is 0 Å². The highest BCUT2D eigenvalue weighted by Crippen LogP contribution is 2.17. The molecule has 0 aliphatic carbocycles. The lowest BCUT2D eigenvalue weighted by molar-refractivity contribution is 0.221. The molecule has 0 fully saturated rings. The number of benzene rings is 1. The van der Waals surface area contributed by atoms with Crippen LogP contribution in [0.3, 0.4) is 0 Å². The van der Waals surface area contributed by atoms with E-state index in [0.717, 1.165) is 62.2 Å². The Balaban J connectivity index is 1.81. The summed E-state index contributed by atoms with van der Waals surface area (Å²) < 4.78 is 8.09. The molecule has 2 rings (SSSR count). The molecule has 1 aromatic carbocycles. The molecule has 1 heterocycles. The predicted octanol–water partition coefficient (Wildman–Crippen LogP) is 1.93. The second-order valence-corrected chi connectivity index (χ2v) is 6.63. The summed E-state index contributed by atoms with van der Waals surface area (Å²) >= 11 is 0. The zero-order valence-electron chi connectivity index (χ0n) is 18.2. The van der Waals surface area contributed by atoms with Crippen LogP contribution in [0.15, 0.2) is 35.6 Å². The van der Waals surface area contributed by atoms with Crippen LogP contribution >= 0.6 is 0 Å². The highest BCUT2D eigenvalue weighted by molar-refractivity contribution is 5.79. The molecule has 29 heavy (non-hydrogen) atoms. The van der Waals surface area contributed by atoms with Gasteiger partial charge in [0.25, 0.3) is 0 Å². The SMILES string of the molecule is CCc1nncn1CCNC(=NC)NCc1ccccc1OCCN(CC)CC. The fourth-order valence-corrected chi connectivity index (χ4v) is 3.05. The number of para-hydroxylation sites is 1. The molecule has 0 aliphatic heterocycles. The molecule has 0 atom stereocenters. The van der Waals surface area contributed by atoms with Gasteiger partial charge < -0.3 is 24.8 Å². The zero-order valence-corrected chi connectivity index (χ0v) is 18.2. The van der Waals surface area contributed by atoms with Crippen molar-refractivity contribution < 1.29 is 4.74 Å². The van der Waals surface area contributed by atoms with Crippen LogP contribution in [0.1, 0.15) is 32.2 Å². The predicted molar refractivity (Wildman–Crippen MR) is 117 cm³/mol. The van der Waals surface area contributed by atoms with Gasteiger partial charge in [-0.1, -0.05) is 39.0 Å². The second kappa shape index (κ2) is 12.8. The molecule has 0 bridgehead atoms. The molecule has 0 saturated heterocycles. The van der Waals surface area contributed by atoms with Gasteiger partial charge in [0.05, 0.1) is 0 Å². The number of aryl methyl sites for hydroxylation is 1. The van der Waals surface area contributed by atoms with Gasteiger partial charge in [0.1, 0.15) is 24.5 Å². The Bertz CT molecular complexity index is 740. The molecule has 0 radical (unpaired) electrons. The molecule has 0 aliphatic rings. The van der Waals surface area contributed by atoms with Gasteiger partial charge in [-0.2, -0.15) is 0 Å². The van der Waals surface area contributed by atoms with Crippen LogP contribution < -0.4 is 15.4 Å². The summed E-state index contributed by atoms with van der Waals surface area (Å²) in [5.74, 6) is 2.67. The Kier molecular flexibility index (Phi) is 9.99. The summed E-state index contributed by atoms with van der Waals surface area (Å²) in [7, 11) is 1.78. The van der Waals surface area contributed by atoms with Crippen molar-refractivity contribution in [1.29, 1.82) is 0 Å². The number of aliphatic imine (C=N–C) groups is 1. The van der Waals surface area contributed by atoms with Crippen molar-refractivity contribution >= 4 is 5.96 Å². The summed E-state index contributed by atoms with van der Waals surface area (Å²) in [4.78, 5) is 6.66. The van der Waals surface area contributed by atoms with E-state index in [2.05, 4.69) is 62.1 Å². The molecular weight excluding hydrogens is 366 g/mol. The molecule has 0 saturated carbocycles. The molecule has 0 amide bonds. The Morgan fingerprint density at radius 2 is 1.97 bits per heavy atom. The fraction of sp³-hybridized carbons (Fsp3) is 0.571. The number of guanidine groups is 1. The number of rotatable bonds is 12. The first-order valence-electron chi connectivity index (χ1n) is 10.5. The van der Waals surface area contributed by atoms with Crippen molar-refractivity contribution in [3.05, 3.63) is 42.0 Å². The number of nitrogens with zero attached hydrogens (tertiary/aromatic N) is 5. The summed E-state index contributed by atoms with van der Waals surface area (Å²) in [6.07, 6.45) is 2.64. The maximum Gasteiger partial charge on any atom is 0.191 e. The number of likely N-dealkylation sites (N-methyl/N-ethyl adjacent to an activating group) is 1. The molecule has 2 aromatic rings. The van der Waals surface area contributed by atoms with Crippen molar-refractivity contribution in [2.45, 2.75) is 40.3 Å². The minimum absolute atomic E-state index is 0.647. The van der Waals surface area contributed by atoms with Gasteiger partial charge in [-0.05, 0) is 19.2 Å². The van der Waals surface area contributed by atoms with E-state index in [0.29, 0.717) is 13.2 Å².